The Labute approximate surface area is 114 Å². The number of carbonyl (C=O) groups excluding carboxylic acids is 1. The third kappa shape index (κ3) is 7.43. The Bertz CT molecular complexity index is 387. The lowest BCUT2D eigenvalue weighted by atomic mass is 10.2. The number of nitrogens with zero attached hydrogens (tertiary/aromatic N) is 1. The van der Waals surface area contributed by atoms with Crippen LogP contribution in [0.3, 0.4) is 0 Å². The van der Waals surface area contributed by atoms with Gasteiger partial charge in [0.1, 0.15) is 5.60 Å². The summed E-state index contributed by atoms with van der Waals surface area (Å²) in [7, 11) is 0. The van der Waals surface area contributed by atoms with Crippen molar-refractivity contribution < 1.29 is 9.53 Å². The maximum Gasteiger partial charge on any atom is 0.407 e. The smallest absolute Gasteiger partial charge is 0.407 e. The molecule has 1 amide bonds. The fourth-order valence-corrected chi connectivity index (χ4v) is 1.51. The quantitative estimate of drug-likeness (QED) is 0.630. The molecule has 0 aliphatic heterocycles. The molecule has 0 aliphatic rings. The summed E-state index contributed by atoms with van der Waals surface area (Å²) >= 11 is 0. The van der Waals surface area contributed by atoms with Crippen molar-refractivity contribution in [3.05, 3.63) is 35.9 Å². The number of ether oxygens (including phenoxy) is 1. The molecule has 0 bridgehead atoms. The Morgan fingerprint density at radius 1 is 1.32 bits per heavy atom. The van der Waals surface area contributed by atoms with E-state index in [1.807, 2.05) is 51.1 Å². The number of alkyl carbamates (subject to hydrolysis) is 1. The number of amides is 1. The molecule has 0 atom stereocenters. The van der Waals surface area contributed by atoms with Crippen molar-refractivity contribution in [2.24, 2.45) is 5.84 Å². The molecule has 0 aromatic heterocycles. The summed E-state index contributed by atoms with van der Waals surface area (Å²) in [5, 5.41) is 4.33. The monoisotopic (exact) mass is 265 g/mol. The van der Waals surface area contributed by atoms with E-state index in [0.29, 0.717) is 19.6 Å². The zero-order chi connectivity index (χ0) is 14.3. The minimum Gasteiger partial charge on any atom is -0.444 e. The maximum atomic E-state index is 11.4. The Morgan fingerprint density at radius 2 is 1.95 bits per heavy atom. The topological polar surface area (TPSA) is 67.6 Å². The highest BCUT2D eigenvalue weighted by Crippen LogP contribution is 2.06. The van der Waals surface area contributed by atoms with Gasteiger partial charge in [-0.25, -0.2) is 9.80 Å². The van der Waals surface area contributed by atoms with Gasteiger partial charge in [0, 0.05) is 19.6 Å². The number of carbonyl (C=O) groups is 1. The first-order chi connectivity index (χ1) is 8.87. The molecule has 0 aliphatic carbocycles. The number of hydrogen-bond donors (Lipinski definition) is 2. The summed E-state index contributed by atoms with van der Waals surface area (Å²) in [4.78, 5) is 11.4. The lowest BCUT2D eigenvalue weighted by Gasteiger charge is -2.21. The van der Waals surface area contributed by atoms with E-state index >= 15 is 0 Å². The summed E-state index contributed by atoms with van der Waals surface area (Å²) in [6.45, 7) is 7.16. The molecule has 0 heterocycles. The Kier molecular flexibility index (Phi) is 5.79. The lowest BCUT2D eigenvalue weighted by molar-refractivity contribution is 0.0522. The van der Waals surface area contributed by atoms with Crippen LogP contribution >= 0.6 is 0 Å². The van der Waals surface area contributed by atoms with Gasteiger partial charge in [-0.05, 0) is 26.3 Å². The molecule has 1 rings (SSSR count). The summed E-state index contributed by atoms with van der Waals surface area (Å²) in [6.07, 6.45) is -0.416. The molecule has 0 unspecified atom stereocenters. The standard InChI is InChI=1S/C14H23N3O2/c1-14(2,3)19-13(18)16-9-10-17(15)11-12-7-5-4-6-8-12/h4-8H,9-11,15H2,1-3H3,(H,16,18). The van der Waals surface area contributed by atoms with Crippen molar-refractivity contribution in [1.82, 2.24) is 10.3 Å². The molecule has 5 nitrogen and oxygen atoms in total. The predicted molar refractivity (Wildman–Crippen MR) is 75.3 cm³/mol. The fraction of sp³-hybridized carbons (Fsp3) is 0.500. The molecule has 0 radical (unpaired) electrons. The number of hydrazine groups is 1. The van der Waals surface area contributed by atoms with Crippen molar-refractivity contribution in [3.63, 3.8) is 0 Å². The fourth-order valence-electron chi connectivity index (χ4n) is 1.51. The minimum atomic E-state index is -0.476. The maximum absolute atomic E-state index is 11.4. The van der Waals surface area contributed by atoms with Crippen LogP contribution in [0.4, 0.5) is 4.79 Å². The number of nitrogens with one attached hydrogen (secondary N) is 1. The van der Waals surface area contributed by atoms with Crippen LogP contribution in [-0.2, 0) is 11.3 Å². The third-order valence-corrected chi connectivity index (χ3v) is 2.30. The number of nitrogens with two attached hydrogens (primary N) is 1. The molecular weight excluding hydrogens is 242 g/mol. The first-order valence-corrected chi connectivity index (χ1v) is 6.37. The second kappa shape index (κ2) is 7.11. The van der Waals surface area contributed by atoms with Crippen molar-refractivity contribution in [2.75, 3.05) is 13.1 Å². The van der Waals surface area contributed by atoms with E-state index in [-0.39, 0.29) is 0 Å². The Morgan fingerprint density at radius 3 is 2.53 bits per heavy atom. The normalized spacial score (nSPS) is 11.4. The van der Waals surface area contributed by atoms with Crippen LogP contribution in [-0.4, -0.2) is 29.8 Å². The van der Waals surface area contributed by atoms with Gasteiger partial charge in [0.2, 0.25) is 0 Å². The first kappa shape index (κ1) is 15.5. The summed E-state index contributed by atoms with van der Waals surface area (Å²) in [5.41, 5.74) is 0.665. The molecule has 0 spiro atoms. The molecule has 1 aromatic rings. The molecule has 106 valence electrons. The van der Waals surface area contributed by atoms with E-state index in [1.165, 1.54) is 0 Å². The second-order valence-electron chi connectivity index (χ2n) is 5.38. The van der Waals surface area contributed by atoms with E-state index in [0.717, 1.165) is 5.56 Å². The van der Waals surface area contributed by atoms with Crippen molar-refractivity contribution in [2.45, 2.75) is 32.9 Å². The lowest BCUT2D eigenvalue weighted by Crippen LogP contribution is -2.40. The number of hydrogen-bond acceptors (Lipinski definition) is 4. The van der Waals surface area contributed by atoms with Crippen molar-refractivity contribution in [3.8, 4) is 0 Å². The zero-order valence-electron chi connectivity index (χ0n) is 11.8. The van der Waals surface area contributed by atoms with Crippen LogP contribution in [0.15, 0.2) is 30.3 Å². The minimum absolute atomic E-state index is 0.416. The zero-order valence-corrected chi connectivity index (χ0v) is 11.8. The van der Waals surface area contributed by atoms with Gasteiger partial charge >= 0.3 is 6.09 Å². The molecule has 0 fully saturated rings. The van der Waals surface area contributed by atoms with Gasteiger partial charge in [0.15, 0.2) is 0 Å². The molecule has 0 saturated heterocycles. The van der Waals surface area contributed by atoms with E-state index < -0.39 is 11.7 Å². The van der Waals surface area contributed by atoms with Crippen molar-refractivity contribution in [1.29, 1.82) is 0 Å². The predicted octanol–water partition coefficient (Wildman–Crippen LogP) is 1.89. The Balaban J connectivity index is 2.21. The third-order valence-electron chi connectivity index (χ3n) is 2.30. The van der Waals surface area contributed by atoms with E-state index in [4.69, 9.17) is 10.6 Å². The van der Waals surface area contributed by atoms with Crippen molar-refractivity contribution >= 4 is 6.09 Å². The van der Waals surface area contributed by atoms with Crippen LogP contribution in [0, 0.1) is 0 Å². The summed E-state index contributed by atoms with van der Waals surface area (Å²) < 4.78 is 5.13. The van der Waals surface area contributed by atoms with Gasteiger partial charge in [0.05, 0.1) is 0 Å². The van der Waals surface area contributed by atoms with Crippen LogP contribution in [0.5, 0.6) is 0 Å². The van der Waals surface area contributed by atoms with Crippen LogP contribution in [0.1, 0.15) is 26.3 Å². The molecule has 5 heteroatoms. The van der Waals surface area contributed by atoms with Gasteiger partial charge in [-0.15, -0.1) is 0 Å². The average Bonchev–Trinajstić information content (AvgIpc) is 2.27. The molecule has 1 aromatic carbocycles. The largest absolute Gasteiger partial charge is 0.444 e. The average molecular weight is 265 g/mol. The highest BCUT2D eigenvalue weighted by Gasteiger charge is 2.15. The van der Waals surface area contributed by atoms with E-state index in [2.05, 4.69) is 5.32 Å². The van der Waals surface area contributed by atoms with Crippen LogP contribution in [0.2, 0.25) is 0 Å². The summed E-state index contributed by atoms with van der Waals surface area (Å²) in [6, 6.07) is 9.95. The van der Waals surface area contributed by atoms with Gasteiger partial charge in [0.25, 0.3) is 0 Å². The van der Waals surface area contributed by atoms with Crippen LogP contribution in [0.25, 0.3) is 0 Å². The van der Waals surface area contributed by atoms with Crippen LogP contribution < -0.4 is 11.2 Å². The van der Waals surface area contributed by atoms with Gasteiger partial charge in [-0.2, -0.15) is 0 Å². The first-order valence-electron chi connectivity index (χ1n) is 6.37. The second-order valence-corrected chi connectivity index (χ2v) is 5.38. The van der Waals surface area contributed by atoms with Gasteiger partial charge < -0.3 is 10.1 Å². The number of benzene rings is 1. The highest BCUT2D eigenvalue weighted by molar-refractivity contribution is 5.67. The highest BCUT2D eigenvalue weighted by atomic mass is 16.6. The van der Waals surface area contributed by atoms with Gasteiger partial charge in [-0.3, -0.25) is 5.84 Å². The molecule has 3 N–H and O–H groups in total. The SMILES string of the molecule is CC(C)(C)OC(=O)NCCN(N)Cc1ccccc1. The molecule has 0 saturated carbocycles. The van der Waals surface area contributed by atoms with Gasteiger partial charge in [-0.1, -0.05) is 30.3 Å². The Hall–Kier alpha value is -1.59. The molecule has 19 heavy (non-hydrogen) atoms. The summed E-state index contributed by atoms with van der Waals surface area (Å²) in [5.74, 6) is 5.86. The van der Waals surface area contributed by atoms with E-state index in [1.54, 1.807) is 5.01 Å². The van der Waals surface area contributed by atoms with E-state index in [9.17, 15) is 4.79 Å². The molecular formula is C14H23N3O2. The number of rotatable bonds is 5.